The van der Waals surface area contributed by atoms with Crippen LogP contribution < -0.4 is 5.32 Å². The molecular formula is C23H25N5O4S. The van der Waals surface area contributed by atoms with E-state index in [9.17, 15) is 9.59 Å². The Morgan fingerprint density at radius 3 is 2.64 bits per heavy atom. The average Bonchev–Trinajstić information content (AvgIpc) is 3.41. The number of ketones is 1. The van der Waals surface area contributed by atoms with Gasteiger partial charge < -0.3 is 14.6 Å². The third-order valence-corrected chi connectivity index (χ3v) is 6.71. The molecule has 0 saturated heterocycles. The van der Waals surface area contributed by atoms with Crippen LogP contribution in [-0.2, 0) is 9.53 Å². The molecule has 9 nitrogen and oxygen atoms in total. The maximum absolute atomic E-state index is 12.8. The molecule has 0 spiro atoms. The molecule has 0 aromatic carbocycles. The Morgan fingerprint density at radius 1 is 1.18 bits per heavy atom. The Balaban J connectivity index is 1.44. The van der Waals surface area contributed by atoms with Gasteiger partial charge in [0.05, 0.1) is 5.39 Å². The number of fused-ring (bicyclic) bond motifs is 1. The first-order chi connectivity index (χ1) is 15.7. The molecule has 4 heterocycles. The predicted octanol–water partition coefficient (Wildman–Crippen LogP) is 4.24. The first kappa shape index (κ1) is 22.7. The van der Waals surface area contributed by atoms with Gasteiger partial charge in [-0.1, -0.05) is 5.16 Å². The lowest BCUT2D eigenvalue weighted by Crippen LogP contribution is -2.30. The Bertz CT molecular complexity index is 1370. The number of aromatic nitrogens is 4. The molecule has 0 fully saturated rings. The highest BCUT2D eigenvalue weighted by atomic mass is 32.1. The molecule has 0 aliphatic carbocycles. The van der Waals surface area contributed by atoms with Crippen LogP contribution in [0.15, 0.2) is 23.0 Å². The zero-order valence-electron chi connectivity index (χ0n) is 19.3. The van der Waals surface area contributed by atoms with Gasteiger partial charge in [-0.05, 0) is 53.2 Å². The molecule has 4 aromatic rings. The van der Waals surface area contributed by atoms with E-state index >= 15 is 0 Å². The van der Waals surface area contributed by atoms with Crippen molar-refractivity contribution in [3.05, 3.63) is 51.6 Å². The third-order valence-electron chi connectivity index (χ3n) is 5.59. The fourth-order valence-corrected chi connectivity index (χ4v) is 4.75. The molecule has 172 valence electrons. The zero-order chi connectivity index (χ0) is 23.9. The monoisotopic (exact) mass is 467 g/mol. The maximum Gasteiger partial charge on any atom is 0.328 e. The van der Waals surface area contributed by atoms with Crippen LogP contribution in [0.2, 0.25) is 0 Å². The highest BCUT2D eigenvalue weighted by Crippen LogP contribution is 2.32. The molecule has 4 rings (SSSR count). The van der Waals surface area contributed by atoms with Crippen molar-refractivity contribution < 1.29 is 18.8 Å². The van der Waals surface area contributed by atoms with Crippen LogP contribution in [0.1, 0.15) is 44.9 Å². The first-order valence-corrected chi connectivity index (χ1v) is 11.3. The molecule has 1 N–H and O–H groups in total. The van der Waals surface area contributed by atoms with Gasteiger partial charge in [-0.25, -0.2) is 14.8 Å². The molecule has 33 heavy (non-hydrogen) atoms. The Labute approximate surface area is 194 Å². The quantitative estimate of drug-likeness (QED) is 0.317. The number of rotatable bonds is 7. The summed E-state index contributed by atoms with van der Waals surface area (Å²) in [6.07, 6.45) is 1.47. The summed E-state index contributed by atoms with van der Waals surface area (Å²) >= 11 is 1.58. The van der Waals surface area contributed by atoms with Crippen molar-refractivity contribution in [2.75, 3.05) is 11.9 Å². The smallest absolute Gasteiger partial charge is 0.328 e. The molecule has 0 radical (unpaired) electrons. The van der Waals surface area contributed by atoms with Crippen LogP contribution in [-0.4, -0.2) is 44.1 Å². The van der Waals surface area contributed by atoms with Crippen molar-refractivity contribution in [1.29, 1.82) is 0 Å². The fourth-order valence-electron chi connectivity index (χ4n) is 3.75. The molecule has 0 aliphatic rings. The Hall–Kier alpha value is -3.53. The number of carbonyl (C=O) groups excluding carboxylic acids is 2. The lowest BCUT2D eigenvalue weighted by molar-refractivity contribution is -0.143. The lowest BCUT2D eigenvalue weighted by atomic mass is 10.1. The van der Waals surface area contributed by atoms with Gasteiger partial charge in [-0.3, -0.25) is 9.36 Å². The number of carbonyl (C=O) groups is 2. The zero-order valence-corrected chi connectivity index (χ0v) is 20.2. The normalized spacial score (nSPS) is 12.2. The minimum absolute atomic E-state index is 0.288. The second-order valence-electron chi connectivity index (χ2n) is 8.00. The topological polar surface area (TPSA) is 112 Å². The van der Waals surface area contributed by atoms with Crippen molar-refractivity contribution in [1.82, 2.24) is 19.7 Å². The molecule has 4 aromatic heterocycles. The third kappa shape index (κ3) is 4.25. The Morgan fingerprint density at radius 2 is 1.94 bits per heavy atom. The minimum Gasteiger partial charge on any atom is -0.456 e. The Kier molecular flexibility index (Phi) is 6.03. The van der Waals surface area contributed by atoms with E-state index in [0.717, 1.165) is 26.4 Å². The first-order valence-electron chi connectivity index (χ1n) is 10.5. The number of esters is 1. The van der Waals surface area contributed by atoms with E-state index in [-0.39, 0.29) is 12.4 Å². The minimum atomic E-state index is -0.693. The van der Waals surface area contributed by atoms with E-state index in [2.05, 4.69) is 20.4 Å². The molecule has 0 saturated carbocycles. The summed E-state index contributed by atoms with van der Waals surface area (Å²) in [6, 6.07) is 2.86. The molecule has 0 amide bonds. The van der Waals surface area contributed by atoms with Crippen molar-refractivity contribution in [3.8, 4) is 5.82 Å². The van der Waals surface area contributed by atoms with E-state index in [0.29, 0.717) is 28.7 Å². The highest BCUT2D eigenvalue weighted by molar-refractivity contribution is 7.18. The summed E-state index contributed by atoms with van der Waals surface area (Å²) < 4.78 is 12.3. The average molecular weight is 468 g/mol. The van der Waals surface area contributed by atoms with Gasteiger partial charge in [0.2, 0.25) is 5.78 Å². The number of hydrogen-bond donors (Lipinski definition) is 1. The van der Waals surface area contributed by atoms with Crippen LogP contribution in [0.25, 0.3) is 16.0 Å². The maximum atomic E-state index is 12.8. The number of nitrogens with one attached hydrogen (secondary N) is 1. The van der Waals surface area contributed by atoms with Crippen LogP contribution >= 0.6 is 11.3 Å². The van der Waals surface area contributed by atoms with E-state index in [1.54, 1.807) is 37.3 Å². The molecule has 1 unspecified atom stereocenters. The van der Waals surface area contributed by atoms with Gasteiger partial charge in [0.1, 0.15) is 28.8 Å². The second-order valence-corrected chi connectivity index (χ2v) is 9.20. The molecule has 0 aliphatic heterocycles. The standard InChI is InChI=1S/C23H25N5O4S/c1-11-7-17(15(5)28(11)19-8-12(2)32-27-19)18(29)9-31-23(30)14(4)26-21-20-13(3)16(6)33-22(20)25-10-24-21/h7-8,10,14H,9H2,1-6H3,(H,24,25,26). The van der Waals surface area contributed by atoms with Gasteiger partial charge in [0, 0.05) is 27.9 Å². The molecule has 0 bridgehead atoms. The van der Waals surface area contributed by atoms with E-state index in [1.165, 1.54) is 6.33 Å². The van der Waals surface area contributed by atoms with Crippen molar-refractivity contribution in [3.63, 3.8) is 0 Å². The summed E-state index contributed by atoms with van der Waals surface area (Å²) in [5.41, 5.74) is 3.09. The van der Waals surface area contributed by atoms with Gasteiger partial charge in [0.25, 0.3) is 0 Å². The molecule has 10 heteroatoms. The summed E-state index contributed by atoms with van der Waals surface area (Å²) in [7, 11) is 0. The summed E-state index contributed by atoms with van der Waals surface area (Å²) in [6.45, 7) is 10.8. The van der Waals surface area contributed by atoms with Crippen molar-refractivity contribution in [2.24, 2.45) is 0 Å². The largest absolute Gasteiger partial charge is 0.456 e. The van der Waals surface area contributed by atoms with Gasteiger partial charge in [-0.15, -0.1) is 11.3 Å². The SMILES string of the molecule is Cc1cc(-n2c(C)cc(C(=O)COC(=O)C(C)Nc3ncnc4sc(C)c(C)c34)c2C)no1. The summed E-state index contributed by atoms with van der Waals surface area (Å²) in [5, 5.41) is 8.01. The van der Waals surface area contributed by atoms with E-state index < -0.39 is 12.0 Å². The number of Topliss-reactive ketones (excluding diaryl/α,β-unsaturated/α-hetero) is 1. The number of aryl methyl sites for hydroxylation is 4. The van der Waals surface area contributed by atoms with Crippen LogP contribution in [0.3, 0.4) is 0 Å². The van der Waals surface area contributed by atoms with Crippen LogP contribution in [0, 0.1) is 34.6 Å². The van der Waals surface area contributed by atoms with Crippen LogP contribution in [0.4, 0.5) is 5.82 Å². The van der Waals surface area contributed by atoms with Gasteiger partial charge in [-0.2, -0.15) is 0 Å². The van der Waals surface area contributed by atoms with Gasteiger partial charge >= 0.3 is 5.97 Å². The van der Waals surface area contributed by atoms with Crippen molar-refractivity contribution >= 4 is 39.1 Å². The van der Waals surface area contributed by atoms with E-state index in [4.69, 9.17) is 9.26 Å². The number of nitrogens with zero attached hydrogens (tertiary/aromatic N) is 4. The van der Waals surface area contributed by atoms with Crippen LogP contribution in [0.5, 0.6) is 0 Å². The van der Waals surface area contributed by atoms with Gasteiger partial charge in [0.15, 0.2) is 12.4 Å². The highest BCUT2D eigenvalue weighted by Gasteiger charge is 2.22. The van der Waals surface area contributed by atoms with Crippen molar-refractivity contribution in [2.45, 2.75) is 47.6 Å². The second kappa shape index (κ2) is 8.78. The predicted molar refractivity (Wildman–Crippen MR) is 125 cm³/mol. The summed E-state index contributed by atoms with van der Waals surface area (Å²) in [5.74, 6) is 1.02. The number of ether oxygens (including phenoxy) is 1. The lowest BCUT2D eigenvalue weighted by Gasteiger charge is -2.14. The summed E-state index contributed by atoms with van der Waals surface area (Å²) in [4.78, 5) is 36.0. The number of hydrogen-bond acceptors (Lipinski definition) is 9. The number of anilines is 1. The number of thiophene rings is 1. The molecule has 1 atom stereocenters. The molecular weight excluding hydrogens is 442 g/mol. The van der Waals surface area contributed by atoms with E-state index in [1.807, 2.05) is 32.3 Å². The fraction of sp³-hybridized carbons (Fsp3) is 0.348.